The number of nitriles is 1. The fraction of sp³-hybridized carbons (Fsp3) is 0.571. The van der Waals surface area contributed by atoms with Crippen LogP contribution in [-0.2, 0) is 9.47 Å². The van der Waals surface area contributed by atoms with Crippen molar-refractivity contribution in [3.8, 4) is 11.9 Å². The second kappa shape index (κ2) is 13.3. The molecule has 0 bridgehead atoms. The lowest BCUT2D eigenvalue weighted by molar-refractivity contribution is 0.104. The number of benzene rings is 1. The van der Waals surface area contributed by atoms with Crippen LogP contribution in [0.5, 0.6) is 0 Å². The molecule has 1 aliphatic carbocycles. The van der Waals surface area contributed by atoms with Crippen LogP contribution in [0.2, 0.25) is 0 Å². The zero-order valence-corrected chi connectivity index (χ0v) is 22.8. The Balaban J connectivity index is 1.35. The Hall–Kier alpha value is -3.40. The molecule has 10 nitrogen and oxygen atoms in total. The number of fused-ring (bicyclic) bond motifs is 1. The quantitative estimate of drug-likeness (QED) is 0.352. The topological polar surface area (TPSA) is 104 Å². The molecule has 1 aliphatic heterocycles. The first-order valence-corrected chi connectivity index (χ1v) is 13.9. The minimum atomic E-state index is -2.76. The molecule has 1 saturated heterocycles. The Morgan fingerprint density at radius 1 is 1.12 bits per heavy atom. The highest BCUT2D eigenvalue weighted by molar-refractivity contribution is 5.78. The number of nitrogens with zero attached hydrogens (tertiary/aromatic N) is 7. The monoisotopic (exact) mass is 554 g/mol. The van der Waals surface area contributed by atoms with Crippen LogP contribution in [-0.4, -0.2) is 90.1 Å². The standard InChI is InChI=1S/C28H36F2N8O2/c1-39-15-12-36(11-10-31)21-8-6-20(7-9-21)19-32-28-34-24(37-13-16-40-17-14-37)18-25(35-28)38-23-5-3-2-4-22(23)33-27(38)26(29)30/h2-5,18,20-21,26H,6-9,11-17,19H2,1H3,(H,32,34,35)/t20-,21-. The van der Waals surface area contributed by atoms with E-state index in [-0.39, 0.29) is 5.82 Å². The van der Waals surface area contributed by atoms with Crippen LogP contribution in [0.15, 0.2) is 30.3 Å². The lowest BCUT2D eigenvalue weighted by atomic mass is 9.85. The summed E-state index contributed by atoms with van der Waals surface area (Å²) in [6.45, 7) is 4.94. The summed E-state index contributed by atoms with van der Waals surface area (Å²) in [6.07, 6.45) is 1.30. The molecular formula is C28H36F2N8O2. The fourth-order valence-electron chi connectivity index (χ4n) is 5.64. The highest BCUT2D eigenvalue weighted by Gasteiger charge is 2.27. The van der Waals surface area contributed by atoms with Crippen molar-refractivity contribution in [1.29, 1.82) is 5.26 Å². The zero-order chi connectivity index (χ0) is 27.9. The van der Waals surface area contributed by atoms with E-state index in [1.165, 1.54) is 4.57 Å². The normalized spacial score (nSPS) is 19.9. The lowest BCUT2D eigenvalue weighted by Crippen LogP contribution is -2.41. The summed E-state index contributed by atoms with van der Waals surface area (Å²) >= 11 is 0. The summed E-state index contributed by atoms with van der Waals surface area (Å²) in [4.78, 5) is 18.0. The molecule has 2 fully saturated rings. The van der Waals surface area contributed by atoms with Gasteiger partial charge in [-0.25, -0.2) is 13.8 Å². The number of hydrogen-bond acceptors (Lipinski definition) is 9. The first kappa shape index (κ1) is 28.1. The largest absolute Gasteiger partial charge is 0.383 e. The van der Waals surface area contributed by atoms with Gasteiger partial charge in [-0.2, -0.15) is 15.2 Å². The van der Waals surface area contributed by atoms with Crippen LogP contribution in [0, 0.1) is 17.2 Å². The van der Waals surface area contributed by atoms with Gasteiger partial charge in [-0.15, -0.1) is 0 Å². The number of aromatic nitrogens is 4. The highest BCUT2D eigenvalue weighted by atomic mass is 19.3. The van der Waals surface area contributed by atoms with E-state index in [9.17, 15) is 14.0 Å². The average Bonchev–Trinajstić information content (AvgIpc) is 3.39. The van der Waals surface area contributed by atoms with Crippen molar-refractivity contribution in [3.05, 3.63) is 36.2 Å². The SMILES string of the molecule is COCCN(CC#N)[C@H]1CC[C@H](CNc2nc(N3CCOCC3)cc(-n3c(C(F)F)nc4ccccc43)n2)CC1. The van der Waals surface area contributed by atoms with E-state index in [0.717, 1.165) is 32.2 Å². The summed E-state index contributed by atoms with van der Waals surface area (Å²) in [7, 11) is 1.68. The number of rotatable bonds is 11. The Morgan fingerprint density at radius 2 is 1.88 bits per heavy atom. The molecule has 12 heteroatoms. The van der Waals surface area contributed by atoms with Gasteiger partial charge in [0, 0.05) is 45.4 Å². The number of para-hydroxylation sites is 2. The predicted octanol–water partition coefficient (Wildman–Crippen LogP) is 4.03. The van der Waals surface area contributed by atoms with Gasteiger partial charge >= 0.3 is 0 Å². The number of methoxy groups -OCH3 is 1. The molecule has 0 unspecified atom stereocenters. The maximum Gasteiger partial charge on any atom is 0.296 e. The molecule has 1 aromatic carbocycles. The lowest BCUT2D eigenvalue weighted by Gasteiger charge is -2.35. The first-order chi connectivity index (χ1) is 19.6. The van der Waals surface area contributed by atoms with Gasteiger partial charge in [-0.05, 0) is 43.7 Å². The number of ether oxygens (including phenoxy) is 2. The Morgan fingerprint density at radius 3 is 2.60 bits per heavy atom. The average molecular weight is 555 g/mol. The molecule has 1 N–H and O–H groups in total. The van der Waals surface area contributed by atoms with Crippen LogP contribution in [0.25, 0.3) is 16.9 Å². The maximum absolute atomic E-state index is 14.1. The number of halogens is 2. The van der Waals surface area contributed by atoms with Gasteiger partial charge < -0.3 is 19.7 Å². The number of imidazole rings is 1. The van der Waals surface area contributed by atoms with Crippen LogP contribution < -0.4 is 10.2 Å². The minimum Gasteiger partial charge on any atom is -0.383 e. The van der Waals surface area contributed by atoms with Crippen LogP contribution >= 0.6 is 0 Å². The predicted molar refractivity (Wildman–Crippen MR) is 148 cm³/mol. The van der Waals surface area contributed by atoms with Crippen molar-refractivity contribution in [2.24, 2.45) is 5.92 Å². The van der Waals surface area contributed by atoms with Crippen molar-refractivity contribution < 1.29 is 18.3 Å². The van der Waals surface area contributed by atoms with E-state index in [2.05, 4.69) is 26.2 Å². The van der Waals surface area contributed by atoms with E-state index >= 15 is 0 Å². The highest BCUT2D eigenvalue weighted by Crippen LogP contribution is 2.30. The van der Waals surface area contributed by atoms with Crippen molar-refractivity contribution in [1.82, 2.24) is 24.4 Å². The fourth-order valence-corrected chi connectivity index (χ4v) is 5.64. The van der Waals surface area contributed by atoms with Crippen molar-refractivity contribution in [3.63, 3.8) is 0 Å². The Bertz CT molecular complexity index is 1300. The van der Waals surface area contributed by atoms with Crippen molar-refractivity contribution in [2.45, 2.75) is 38.2 Å². The van der Waals surface area contributed by atoms with Gasteiger partial charge in [-0.1, -0.05) is 12.1 Å². The molecule has 3 aromatic rings. The third-order valence-corrected chi connectivity index (χ3v) is 7.78. The van der Waals surface area contributed by atoms with E-state index in [4.69, 9.17) is 19.4 Å². The number of morpholine rings is 1. The molecule has 0 spiro atoms. The molecule has 0 radical (unpaired) electrons. The Labute approximate surface area is 232 Å². The zero-order valence-electron chi connectivity index (χ0n) is 22.8. The molecule has 40 heavy (non-hydrogen) atoms. The summed E-state index contributed by atoms with van der Waals surface area (Å²) in [5, 5.41) is 12.6. The Kier molecular flexibility index (Phi) is 9.36. The van der Waals surface area contributed by atoms with Crippen LogP contribution in [0.3, 0.4) is 0 Å². The van der Waals surface area contributed by atoms with Gasteiger partial charge in [0.15, 0.2) is 5.82 Å². The third kappa shape index (κ3) is 6.49. The molecule has 0 atom stereocenters. The second-order valence-corrected chi connectivity index (χ2v) is 10.3. The van der Waals surface area contributed by atoms with Crippen LogP contribution in [0.4, 0.5) is 20.5 Å². The van der Waals surface area contributed by atoms with Gasteiger partial charge in [0.05, 0.1) is 43.5 Å². The maximum atomic E-state index is 14.1. The number of nitrogens with one attached hydrogen (secondary N) is 1. The summed E-state index contributed by atoms with van der Waals surface area (Å²) in [5.41, 5.74) is 1.07. The molecule has 214 valence electrons. The number of alkyl halides is 2. The smallest absolute Gasteiger partial charge is 0.296 e. The molecule has 2 aliphatic rings. The molecular weight excluding hydrogens is 518 g/mol. The van der Waals surface area contributed by atoms with Crippen molar-refractivity contribution in [2.75, 3.05) is 69.9 Å². The van der Waals surface area contributed by atoms with Crippen LogP contribution in [0.1, 0.15) is 37.9 Å². The van der Waals surface area contributed by atoms with Gasteiger partial charge in [-0.3, -0.25) is 9.47 Å². The molecule has 5 rings (SSSR count). The van der Waals surface area contributed by atoms with E-state index < -0.39 is 6.43 Å². The number of hydrogen-bond donors (Lipinski definition) is 1. The molecule has 3 heterocycles. The second-order valence-electron chi connectivity index (χ2n) is 10.3. The summed E-state index contributed by atoms with van der Waals surface area (Å²) < 4.78 is 40.4. The van der Waals surface area contributed by atoms with E-state index in [0.29, 0.717) is 86.6 Å². The summed E-state index contributed by atoms with van der Waals surface area (Å²) in [6, 6.07) is 11.5. The molecule has 2 aromatic heterocycles. The van der Waals surface area contributed by atoms with Gasteiger partial charge in [0.25, 0.3) is 6.43 Å². The minimum absolute atomic E-state index is 0.340. The first-order valence-electron chi connectivity index (χ1n) is 13.9. The number of anilines is 2. The molecule has 1 saturated carbocycles. The van der Waals surface area contributed by atoms with Gasteiger partial charge in [0.1, 0.15) is 11.6 Å². The van der Waals surface area contributed by atoms with E-state index in [1.54, 1.807) is 31.4 Å². The van der Waals surface area contributed by atoms with Gasteiger partial charge in [0.2, 0.25) is 5.95 Å². The molecule has 0 amide bonds. The van der Waals surface area contributed by atoms with E-state index in [1.807, 2.05) is 6.07 Å². The third-order valence-electron chi connectivity index (χ3n) is 7.78. The van der Waals surface area contributed by atoms with Crippen molar-refractivity contribution >= 4 is 22.8 Å². The summed E-state index contributed by atoms with van der Waals surface area (Å²) in [5.74, 6) is 1.52.